The predicted octanol–water partition coefficient (Wildman–Crippen LogP) is -0.927. The van der Waals surface area contributed by atoms with Crippen molar-refractivity contribution >= 4 is 11.9 Å². The second-order valence-corrected chi connectivity index (χ2v) is 3.10. The van der Waals surface area contributed by atoms with Gasteiger partial charge in [0.1, 0.15) is 6.04 Å². The first-order valence-corrected chi connectivity index (χ1v) is 4.16. The molecule has 1 atom stereocenters. The molecule has 0 aliphatic rings. The maximum Gasteiger partial charge on any atom is 0.356 e. The maximum atomic E-state index is 10.6. The van der Waals surface area contributed by atoms with E-state index in [1.807, 2.05) is 0 Å². The molecule has 0 spiro atoms. The number of nitrogens with two attached hydrogens (primary N) is 1. The van der Waals surface area contributed by atoms with E-state index in [1.54, 1.807) is 0 Å². The summed E-state index contributed by atoms with van der Waals surface area (Å²) in [5.41, 5.74) is 5.67. The lowest BCUT2D eigenvalue weighted by Crippen LogP contribution is -2.32. The SMILES string of the molecule is Cn1nc(C(=O)O)cc1C[C@@H](N)C(=O)O. The smallest absolute Gasteiger partial charge is 0.356 e. The van der Waals surface area contributed by atoms with Gasteiger partial charge in [-0.05, 0) is 6.07 Å². The fourth-order valence-electron chi connectivity index (χ4n) is 1.11. The molecule has 1 aromatic rings. The lowest BCUT2D eigenvalue weighted by Gasteiger charge is -2.05. The van der Waals surface area contributed by atoms with E-state index in [4.69, 9.17) is 15.9 Å². The van der Waals surface area contributed by atoms with E-state index in [0.717, 1.165) is 0 Å². The highest BCUT2D eigenvalue weighted by molar-refractivity contribution is 5.85. The molecule has 7 heteroatoms. The summed E-state index contributed by atoms with van der Waals surface area (Å²) in [6.07, 6.45) is 0.0477. The van der Waals surface area contributed by atoms with E-state index in [1.165, 1.54) is 17.8 Å². The van der Waals surface area contributed by atoms with Crippen LogP contribution in [0, 0.1) is 0 Å². The summed E-state index contributed by atoms with van der Waals surface area (Å²) >= 11 is 0. The van der Waals surface area contributed by atoms with Gasteiger partial charge >= 0.3 is 11.9 Å². The summed E-state index contributed by atoms with van der Waals surface area (Å²) in [4.78, 5) is 21.0. The van der Waals surface area contributed by atoms with Gasteiger partial charge in [-0.25, -0.2) is 4.79 Å². The Bertz CT molecular complexity index is 399. The van der Waals surface area contributed by atoms with Crippen molar-refractivity contribution in [2.24, 2.45) is 12.8 Å². The quantitative estimate of drug-likeness (QED) is 0.594. The minimum absolute atomic E-state index is 0.0477. The number of carboxylic acid groups (broad SMARTS) is 2. The summed E-state index contributed by atoms with van der Waals surface area (Å²) in [5.74, 6) is -2.28. The lowest BCUT2D eigenvalue weighted by atomic mass is 10.1. The topological polar surface area (TPSA) is 118 Å². The number of hydrogen-bond donors (Lipinski definition) is 3. The number of carboxylic acids is 2. The Hall–Kier alpha value is -1.89. The van der Waals surface area contributed by atoms with E-state index in [-0.39, 0.29) is 12.1 Å². The molecule has 0 radical (unpaired) electrons. The van der Waals surface area contributed by atoms with Gasteiger partial charge in [0.25, 0.3) is 0 Å². The van der Waals surface area contributed by atoms with E-state index in [9.17, 15) is 9.59 Å². The van der Waals surface area contributed by atoms with Crippen molar-refractivity contribution in [3.63, 3.8) is 0 Å². The first kappa shape index (κ1) is 11.2. The van der Waals surface area contributed by atoms with Gasteiger partial charge in [0.15, 0.2) is 5.69 Å². The summed E-state index contributed by atoms with van der Waals surface area (Å²) in [6, 6.07) is 0.257. The Morgan fingerprint density at radius 3 is 2.60 bits per heavy atom. The Kier molecular flexibility index (Phi) is 3.05. The second kappa shape index (κ2) is 4.09. The van der Waals surface area contributed by atoms with Crippen LogP contribution in [-0.4, -0.2) is 38.0 Å². The summed E-state index contributed by atoms with van der Waals surface area (Å²) in [5, 5.41) is 20.9. The predicted molar refractivity (Wildman–Crippen MR) is 49.5 cm³/mol. The number of aliphatic carboxylic acids is 1. The molecular weight excluding hydrogens is 202 g/mol. The number of aryl methyl sites for hydroxylation is 1. The first-order valence-electron chi connectivity index (χ1n) is 4.16. The molecular formula is C8H11N3O4. The van der Waals surface area contributed by atoms with Crippen molar-refractivity contribution in [1.82, 2.24) is 9.78 Å². The van der Waals surface area contributed by atoms with Gasteiger partial charge in [0.2, 0.25) is 0 Å². The molecule has 1 heterocycles. The van der Waals surface area contributed by atoms with Gasteiger partial charge < -0.3 is 15.9 Å². The molecule has 1 rings (SSSR count). The zero-order valence-corrected chi connectivity index (χ0v) is 8.04. The van der Waals surface area contributed by atoms with Gasteiger partial charge in [-0.1, -0.05) is 0 Å². The van der Waals surface area contributed by atoms with Gasteiger partial charge in [-0.15, -0.1) is 0 Å². The van der Waals surface area contributed by atoms with Crippen molar-refractivity contribution in [3.8, 4) is 0 Å². The zero-order valence-electron chi connectivity index (χ0n) is 8.04. The Balaban J connectivity index is 2.86. The standard InChI is InChI=1S/C8H11N3O4/c1-11-4(2-5(9)7(12)13)3-6(10-11)8(14)15/h3,5H,2,9H2,1H3,(H,12,13)(H,14,15)/t5-/m1/s1. The van der Waals surface area contributed by atoms with E-state index < -0.39 is 18.0 Å². The van der Waals surface area contributed by atoms with E-state index in [2.05, 4.69) is 5.10 Å². The number of nitrogens with zero attached hydrogens (tertiary/aromatic N) is 2. The average molecular weight is 213 g/mol. The van der Waals surface area contributed by atoms with Gasteiger partial charge in [-0.2, -0.15) is 5.10 Å². The molecule has 0 aromatic carbocycles. The van der Waals surface area contributed by atoms with Crippen molar-refractivity contribution < 1.29 is 19.8 Å². The van der Waals surface area contributed by atoms with Crippen LogP contribution in [0.5, 0.6) is 0 Å². The molecule has 4 N–H and O–H groups in total. The first-order chi connectivity index (χ1) is 6.91. The Labute approximate surface area is 85.1 Å². The minimum Gasteiger partial charge on any atom is -0.480 e. The minimum atomic E-state index is -1.15. The number of aromatic carboxylic acids is 1. The average Bonchev–Trinajstić information content (AvgIpc) is 2.47. The molecule has 0 bridgehead atoms. The molecule has 15 heavy (non-hydrogen) atoms. The highest BCUT2D eigenvalue weighted by Crippen LogP contribution is 2.05. The van der Waals surface area contributed by atoms with Crippen LogP contribution in [-0.2, 0) is 18.3 Å². The number of aromatic nitrogens is 2. The van der Waals surface area contributed by atoms with Crippen LogP contribution in [0.4, 0.5) is 0 Å². The largest absolute Gasteiger partial charge is 0.480 e. The van der Waals surface area contributed by atoms with Crippen molar-refractivity contribution in [1.29, 1.82) is 0 Å². The van der Waals surface area contributed by atoms with Crippen LogP contribution in [0.3, 0.4) is 0 Å². The third kappa shape index (κ3) is 2.53. The second-order valence-electron chi connectivity index (χ2n) is 3.10. The van der Waals surface area contributed by atoms with Gasteiger partial charge in [0.05, 0.1) is 0 Å². The fraction of sp³-hybridized carbons (Fsp3) is 0.375. The molecule has 7 nitrogen and oxygen atoms in total. The fourth-order valence-corrected chi connectivity index (χ4v) is 1.11. The summed E-state index contributed by atoms with van der Waals surface area (Å²) in [7, 11) is 1.54. The highest BCUT2D eigenvalue weighted by atomic mass is 16.4. The molecule has 0 aliphatic carbocycles. The number of hydrogen-bond acceptors (Lipinski definition) is 4. The van der Waals surface area contributed by atoms with Crippen LogP contribution in [0.2, 0.25) is 0 Å². The van der Waals surface area contributed by atoms with Crippen molar-refractivity contribution in [2.75, 3.05) is 0 Å². The van der Waals surface area contributed by atoms with Crippen LogP contribution in [0.25, 0.3) is 0 Å². The third-order valence-corrected chi connectivity index (χ3v) is 1.94. The van der Waals surface area contributed by atoms with Crippen LogP contribution in [0.1, 0.15) is 16.2 Å². The van der Waals surface area contributed by atoms with Gasteiger partial charge in [0, 0.05) is 19.2 Å². The molecule has 82 valence electrons. The van der Waals surface area contributed by atoms with Crippen LogP contribution in [0.15, 0.2) is 6.07 Å². The molecule has 1 aromatic heterocycles. The normalized spacial score (nSPS) is 12.4. The molecule has 0 amide bonds. The molecule has 0 saturated heterocycles. The van der Waals surface area contributed by atoms with E-state index >= 15 is 0 Å². The van der Waals surface area contributed by atoms with Crippen molar-refractivity contribution in [2.45, 2.75) is 12.5 Å². The van der Waals surface area contributed by atoms with Crippen LogP contribution < -0.4 is 5.73 Å². The maximum absolute atomic E-state index is 10.6. The highest BCUT2D eigenvalue weighted by Gasteiger charge is 2.17. The monoisotopic (exact) mass is 213 g/mol. The number of rotatable bonds is 4. The molecule has 0 unspecified atom stereocenters. The zero-order chi connectivity index (χ0) is 11.6. The third-order valence-electron chi connectivity index (χ3n) is 1.94. The summed E-state index contributed by atoms with van der Waals surface area (Å²) < 4.78 is 1.31. The van der Waals surface area contributed by atoms with Crippen LogP contribution >= 0.6 is 0 Å². The van der Waals surface area contributed by atoms with E-state index in [0.29, 0.717) is 5.69 Å². The Morgan fingerprint density at radius 2 is 2.20 bits per heavy atom. The lowest BCUT2D eigenvalue weighted by molar-refractivity contribution is -0.138. The summed E-state index contributed by atoms with van der Waals surface area (Å²) in [6.45, 7) is 0. The molecule has 0 aliphatic heterocycles. The molecule has 0 fully saturated rings. The van der Waals surface area contributed by atoms with Crippen molar-refractivity contribution in [3.05, 3.63) is 17.5 Å². The van der Waals surface area contributed by atoms with Gasteiger partial charge in [-0.3, -0.25) is 9.48 Å². The number of carbonyl (C=O) groups is 2. The Morgan fingerprint density at radius 1 is 1.60 bits per heavy atom. The molecule has 0 saturated carbocycles.